The summed E-state index contributed by atoms with van der Waals surface area (Å²) in [6.45, 7) is -0.564. The Balaban J connectivity index is 2.03. The van der Waals surface area contributed by atoms with Gasteiger partial charge in [-0.15, -0.1) is 0 Å². The zero-order valence-electron chi connectivity index (χ0n) is 13.3. The number of nitrogens with zero attached hydrogens (tertiary/aromatic N) is 2. The van der Waals surface area contributed by atoms with Gasteiger partial charge in [-0.3, -0.25) is 9.48 Å². The molecule has 0 aromatic carbocycles. The molecule has 0 amide bonds. The fourth-order valence-corrected chi connectivity index (χ4v) is 2.60. The van der Waals surface area contributed by atoms with Crippen molar-refractivity contribution in [2.75, 3.05) is 0 Å². The molecule has 0 aliphatic heterocycles. The molecular weight excluding hydrogens is 235 g/mol. The lowest BCUT2D eigenvalue weighted by atomic mass is 9.61. The smallest absolute Gasteiger partial charge is 0.167 e. The molecular formula is C13H19FN2O2. The topological polar surface area (TPSA) is 55.1 Å². The molecule has 2 rings (SSSR count). The number of aliphatic hydroxyl groups is 1. The van der Waals surface area contributed by atoms with Crippen molar-refractivity contribution in [2.45, 2.75) is 44.9 Å². The zero-order chi connectivity index (χ0) is 15.8. The van der Waals surface area contributed by atoms with Gasteiger partial charge in [-0.2, -0.15) is 5.10 Å². The van der Waals surface area contributed by atoms with E-state index in [0.717, 1.165) is 4.68 Å². The van der Waals surface area contributed by atoms with Crippen LogP contribution in [0.3, 0.4) is 0 Å². The molecule has 1 heterocycles. The van der Waals surface area contributed by atoms with E-state index in [1.165, 1.54) is 12.3 Å². The van der Waals surface area contributed by atoms with Crippen molar-refractivity contribution >= 4 is 5.78 Å². The molecule has 1 aromatic heterocycles. The maximum atomic E-state index is 13.1. The highest BCUT2D eigenvalue weighted by molar-refractivity contribution is 5.85. The molecule has 5 heteroatoms. The van der Waals surface area contributed by atoms with E-state index in [9.17, 15) is 14.3 Å². The lowest BCUT2D eigenvalue weighted by Crippen LogP contribution is -2.51. The van der Waals surface area contributed by atoms with E-state index in [-0.39, 0.29) is 25.0 Å². The van der Waals surface area contributed by atoms with E-state index < -0.39 is 30.4 Å². The molecule has 1 atom stereocenters. The molecule has 1 N–H and O–H groups in total. The number of carbonyl (C=O) groups excluding carboxylic acids is 1. The molecule has 0 spiro atoms. The number of aliphatic hydroxyl groups excluding tert-OH is 1. The van der Waals surface area contributed by atoms with Gasteiger partial charge in [0, 0.05) is 22.7 Å². The van der Waals surface area contributed by atoms with Gasteiger partial charge in [-0.25, -0.2) is 4.39 Å². The number of hydrogen-bond acceptors (Lipinski definition) is 3. The van der Waals surface area contributed by atoms with Crippen LogP contribution in [0.2, 0.25) is 0 Å². The molecule has 0 radical (unpaired) electrons. The van der Waals surface area contributed by atoms with Gasteiger partial charge in [-0.05, 0) is 25.3 Å². The number of aromatic nitrogens is 2. The van der Waals surface area contributed by atoms with Gasteiger partial charge in [0.1, 0.15) is 12.3 Å². The largest absolute Gasteiger partial charge is 0.385 e. The van der Waals surface area contributed by atoms with Gasteiger partial charge in [0.05, 0.1) is 12.1 Å². The number of Topliss-reactive ketones (excluding diaryl/α,β-unsaturated/α-hetero) is 1. The van der Waals surface area contributed by atoms with Crippen LogP contribution in [0.1, 0.15) is 36.0 Å². The van der Waals surface area contributed by atoms with Crippen LogP contribution < -0.4 is 0 Å². The third-order valence-corrected chi connectivity index (χ3v) is 3.84. The third-order valence-electron chi connectivity index (χ3n) is 3.84. The summed E-state index contributed by atoms with van der Waals surface area (Å²) >= 11 is 0. The van der Waals surface area contributed by atoms with E-state index in [0.29, 0.717) is 6.42 Å². The Hall–Kier alpha value is -1.23. The van der Waals surface area contributed by atoms with Gasteiger partial charge < -0.3 is 5.11 Å². The molecule has 1 aliphatic rings. The van der Waals surface area contributed by atoms with Gasteiger partial charge >= 0.3 is 0 Å². The number of alkyl halides is 1. The van der Waals surface area contributed by atoms with Crippen LogP contribution in [0.15, 0.2) is 12.3 Å². The number of aryl methyl sites for hydroxylation is 1. The summed E-state index contributed by atoms with van der Waals surface area (Å²) in [4.78, 5) is 12.1. The van der Waals surface area contributed by atoms with Gasteiger partial charge in [0.15, 0.2) is 5.78 Å². The number of rotatable bonds is 5. The number of hydrogen-bond donors (Lipinski definition) is 1. The minimum atomic E-state index is -2.39. The van der Waals surface area contributed by atoms with Crippen LogP contribution >= 0.6 is 0 Å². The Bertz CT molecular complexity index is 524. The predicted molar refractivity (Wildman–Crippen MR) is 64.8 cm³/mol. The van der Waals surface area contributed by atoms with Crippen molar-refractivity contribution in [1.82, 2.24) is 9.78 Å². The minimum absolute atomic E-state index is 0.150. The first-order chi connectivity index (χ1) is 9.68. The molecule has 1 aliphatic carbocycles. The summed E-state index contributed by atoms with van der Waals surface area (Å²) in [5.74, 6) is -0.445. The average Bonchev–Trinajstić information content (AvgIpc) is 2.82. The Kier molecular flexibility index (Phi) is 2.58. The SMILES string of the molecule is [2H]C([2H])([2H])n1ccc(CC(=O)C(O)C2(CC)CC(F)C2)n1. The van der Waals surface area contributed by atoms with Crippen LogP contribution in [0, 0.1) is 5.41 Å². The maximum Gasteiger partial charge on any atom is 0.167 e. The van der Waals surface area contributed by atoms with Crippen LogP contribution in [0.4, 0.5) is 4.39 Å². The molecule has 18 heavy (non-hydrogen) atoms. The molecule has 1 fully saturated rings. The Morgan fingerprint density at radius 2 is 2.56 bits per heavy atom. The second-order valence-electron chi connectivity index (χ2n) is 5.02. The number of halogens is 1. The van der Waals surface area contributed by atoms with E-state index in [2.05, 4.69) is 5.10 Å². The molecule has 1 aromatic rings. The molecule has 4 nitrogen and oxygen atoms in total. The predicted octanol–water partition coefficient (Wildman–Crippen LogP) is 1.42. The summed E-state index contributed by atoms with van der Waals surface area (Å²) in [6, 6.07) is 1.44. The lowest BCUT2D eigenvalue weighted by Gasteiger charge is -2.46. The van der Waals surface area contributed by atoms with E-state index in [4.69, 9.17) is 4.11 Å². The summed E-state index contributed by atoms with van der Waals surface area (Å²) in [7, 11) is 0. The Morgan fingerprint density at radius 3 is 3.06 bits per heavy atom. The molecule has 1 unspecified atom stereocenters. The van der Waals surface area contributed by atoms with Crippen LogP contribution in [0.25, 0.3) is 0 Å². The zero-order valence-corrected chi connectivity index (χ0v) is 10.3. The summed E-state index contributed by atoms with van der Waals surface area (Å²) in [6.07, 6.45) is -0.138. The average molecular weight is 257 g/mol. The minimum Gasteiger partial charge on any atom is -0.385 e. The van der Waals surface area contributed by atoms with Gasteiger partial charge in [0.25, 0.3) is 0 Å². The van der Waals surface area contributed by atoms with Crippen molar-refractivity contribution < 1.29 is 18.4 Å². The monoisotopic (exact) mass is 257 g/mol. The Labute approximate surface area is 110 Å². The number of carbonyl (C=O) groups is 1. The fraction of sp³-hybridized carbons (Fsp3) is 0.692. The molecule has 0 bridgehead atoms. The standard InChI is InChI=1S/C13H19FN2O2/c1-3-13(7-9(14)8-13)12(18)11(17)6-10-4-5-16(2)15-10/h4-5,9,12,18H,3,6-8H2,1-2H3/i2D3. The van der Waals surface area contributed by atoms with E-state index in [1.54, 1.807) is 0 Å². The summed E-state index contributed by atoms with van der Waals surface area (Å²) < 4.78 is 35.5. The highest BCUT2D eigenvalue weighted by Crippen LogP contribution is 2.48. The van der Waals surface area contributed by atoms with E-state index in [1.807, 2.05) is 6.92 Å². The first-order valence-electron chi connectivity index (χ1n) is 7.58. The third kappa shape index (κ3) is 2.32. The van der Waals surface area contributed by atoms with Crippen LogP contribution in [0.5, 0.6) is 0 Å². The van der Waals surface area contributed by atoms with E-state index >= 15 is 0 Å². The first kappa shape index (κ1) is 9.67. The van der Waals surface area contributed by atoms with Crippen LogP contribution in [-0.2, 0) is 18.2 Å². The normalized spacial score (nSPS) is 31.9. The van der Waals surface area contributed by atoms with Gasteiger partial charge in [-0.1, -0.05) is 6.92 Å². The second kappa shape index (κ2) is 4.80. The van der Waals surface area contributed by atoms with Crippen molar-refractivity contribution in [3.8, 4) is 0 Å². The summed E-state index contributed by atoms with van der Waals surface area (Å²) in [5, 5.41) is 14.0. The first-order valence-corrected chi connectivity index (χ1v) is 6.08. The highest BCUT2D eigenvalue weighted by Gasteiger charge is 2.50. The molecule has 100 valence electrons. The Morgan fingerprint density at radius 1 is 1.83 bits per heavy atom. The van der Waals surface area contributed by atoms with Crippen molar-refractivity contribution in [2.24, 2.45) is 12.4 Å². The van der Waals surface area contributed by atoms with Crippen molar-refractivity contribution in [3.63, 3.8) is 0 Å². The summed E-state index contributed by atoms with van der Waals surface area (Å²) in [5.41, 5.74) is -0.388. The van der Waals surface area contributed by atoms with Gasteiger partial charge in [0.2, 0.25) is 0 Å². The molecule has 0 saturated heterocycles. The highest BCUT2D eigenvalue weighted by atomic mass is 19.1. The van der Waals surface area contributed by atoms with Crippen LogP contribution in [-0.4, -0.2) is 32.9 Å². The quantitative estimate of drug-likeness (QED) is 0.868. The number of ketones is 1. The lowest BCUT2D eigenvalue weighted by molar-refractivity contribution is -0.144. The van der Waals surface area contributed by atoms with Crippen molar-refractivity contribution in [1.29, 1.82) is 0 Å². The maximum absolute atomic E-state index is 13.1. The van der Waals surface area contributed by atoms with Crippen molar-refractivity contribution in [3.05, 3.63) is 18.0 Å². The second-order valence-corrected chi connectivity index (χ2v) is 5.02. The fourth-order valence-electron chi connectivity index (χ4n) is 2.60. The molecule has 1 saturated carbocycles.